The average molecular weight is 520 g/mol. The molecule has 192 valence electrons. The van der Waals surface area contributed by atoms with Crippen molar-refractivity contribution in [2.24, 2.45) is 11.8 Å². The molecule has 3 aromatic rings. The molecule has 0 radical (unpaired) electrons. The number of aromatic nitrogens is 3. The van der Waals surface area contributed by atoms with Crippen molar-refractivity contribution in [1.29, 1.82) is 0 Å². The first kappa shape index (κ1) is 27.0. The van der Waals surface area contributed by atoms with Crippen LogP contribution in [0.25, 0.3) is 22.7 Å². The summed E-state index contributed by atoms with van der Waals surface area (Å²) in [4.78, 5) is 30.2. The van der Waals surface area contributed by atoms with Crippen LogP contribution in [0.1, 0.15) is 19.7 Å². The van der Waals surface area contributed by atoms with Crippen LogP contribution >= 0.6 is 0 Å². The van der Waals surface area contributed by atoms with Crippen LogP contribution in [0.5, 0.6) is 0 Å². The van der Waals surface area contributed by atoms with Crippen molar-refractivity contribution < 1.29 is 46.0 Å². The molecule has 0 aliphatic carbocycles. The summed E-state index contributed by atoms with van der Waals surface area (Å²) in [6.07, 6.45) is 0.242. The lowest BCUT2D eigenvalue weighted by molar-refractivity contribution is -0.379. The van der Waals surface area contributed by atoms with E-state index in [0.717, 1.165) is 0 Å². The summed E-state index contributed by atoms with van der Waals surface area (Å²) in [7, 11) is 0. The van der Waals surface area contributed by atoms with Crippen molar-refractivity contribution in [3.05, 3.63) is 48.2 Å². The molecule has 1 fully saturated rings. The Balaban J connectivity index is 0.00000361. The van der Waals surface area contributed by atoms with E-state index in [-0.39, 0.29) is 49.3 Å². The minimum atomic E-state index is -0.642. The number of anilines is 1. The van der Waals surface area contributed by atoms with Gasteiger partial charge in [-0.05, 0) is 30.2 Å². The zero-order valence-electron chi connectivity index (χ0n) is 20.1. The Morgan fingerprint density at radius 3 is 2.64 bits per heavy atom. The molecular formula is C24H27ClFN5O5. The van der Waals surface area contributed by atoms with E-state index >= 15 is 0 Å². The molecule has 2 atom stereocenters. The number of benzene rings is 1. The molecule has 12 heteroatoms. The summed E-state index contributed by atoms with van der Waals surface area (Å²) in [6, 6.07) is 7.82. The van der Waals surface area contributed by atoms with E-state index in [1.807, 2.05) is 13.8 Å². The van der Waals surface area contributed by atoms with Crippen LogP contribution in [0.2, 0.25) is 0 Å². The lowest BCUT2D eigenvalue weighted by atomic mass is 9.96. The van der Waals surface area contributed by atoms with E-state index in [2.05, 4.69) is 20.9 Å². The molecule has 1 aromatic carbocycles. The van der Waals surface area contributed by atoms with Gasteiger partial charge in [0.1, 0.15) is 24.0 Å². The van der Waals surface area contributed by atoms with Gasteiger partial charge in [0.05, 0.1) is 18.8 Å². The summed E-state index contributed by atoms with van der Waals surface area (Å²) in [5, 5.41) is 7.68. The van der Waals surface area contributed by atoms with E-state index in [1.165, 1.54) is 17.2 Å². The van der Waals surface area contributed by atoms with E-state index in [1.54, 1.807) is 31.2 Å². The van der Waals surface area contributed by atoms with Crippen LogP contribution in [-0.4, -0.2) is 53.0 Å². The molecule has 0 bridgehead atoms. The highest BCUT2D eigenvalue weighted by molar-refractivity contribution is 5.90. The first-order chi connectivity index (χ1) is 16.8. The van der Waals surface area contributed by atoms with E-state index in [9.17, 15) is 14.0 Å². The van der Waals surface area contributed by atoms with Gasteiger partial charge in [-0.2, -0.15) is 0 Å². The molecule has 1 saturated heterocycles. The van der Waals surface area contributed by atoms with Crippen LogP contribution < -0.4 is 23.0 Å². The minimum Gasteiger partial charge on any atom is -1.00 e. The molecule has 0 saturated carbocycles. The molecule has 3 heterocycles. The second kappa shape index (κ2) is 11.4. The van der Waals surface area contributed by atoms with Gasteiger partial charge in [-0.1, -0.05) is 19.9 Å². The number of cyclic esters (lactones) is 1. The summed E-state index contributed by atoms with van der Waals surface area (Å²) in [5.41, 5.74) is 5.47. The molecular weight excluding hydrogens is 493 g/mol. The third-order valence-electron chi connectivity index (χ3n) is 5.79. The molecule has 3 N–H and O–H groups in total. The van der Waals surface area contributed by atoms with Gasteiger partial charge >= 0.3 is 12.1 Å². The number of aryl methyl sites for hydroxylation is 1. The highest BCUT2D eigenvalue weighted by Crippen LogP contribution is 2.30. The van der Waals surface area contributed by atoms with Crippen LogP contribution in [0.3, 0.4) is 0 Å². The SMILES string of the molecule is Cc1nnc(-c2ccc(-c3ccc(N4C[C@H](COC(=O)[C@@H](C[NH3+])C(C)C)OC4=O)cc3F)cn2)o1.[Cl-]. The van der Waals surface area contributed by atoms with Gasteiger partial charge < -0.3 is 32.0 Å². The van der Waals surface area contributed by atoms with Crippen LogP contribution in [0, 0.1) is 24.6 Å². The van der Waals surface area contributed by atoms with Crippen LogP contribution in [-0.2, 0) is 14.3 Å². The summed E-state index contributed by atoms with van der Waals surface area (Å²) in [6.45, 7) is 6.02. The molecule has 1 amide bonds. The van der Waals surface area contributed by atoms with Gasteiger partial charge in [-0.3, -0.25) is 14.7 Å². The quantitative estimate of drug-likeness (QED) is 0.398. The number of amides is 1. The Kier molecular flexibility index (Phi) is 8.59. The predicted molar refractivity (Wildman–Crippen MR) is 122 cm³/mol. The number of quaternary nitrogens is 1. The topological polar surface area (TPSA) is 135 Å². The number of esters is 1. The number of carbonyl (C=O) groups is 2. The van der Waals surface area contributed by atoms with Gasteiger partial charge in [0.25, 0.3) is 5.89 Å². The van der Waals surface area contributed by atoms with E-state index < -0.39 is 18.0 Å². The number of hydrogen-bond acceptors (Lipinski definition) is 8. The molecule has 0 spiro atoms. The Morgan fingerprint density at radius 2 is 2.06 bits per heavy atom. The lowest BCUT2D eigenvalue weighted by Crippen LogP contribution is -3.00. The maximum atomic E-state index is 15.0. The van der Waals surface area contributed by atoms with Gasteiger partial charge in [0.2, 0.25) is 5.89 Å². The first-order valence-electron chi connectivity index (χ1n) is 11.3. The fourth-order valence-corrected chi connectivity index (χ4v) is 3.81. The largest absolute Gasteiger partial charge is 1.00 e. The minimum absolute atomic E-state index is 0. The monoisotopic (exact) mass is 519 g/mol. The molecule has 0 unspecified atom stereocenters. The average Bonchev–Trinajstić information content (AvgIpc) is 3.43. The maximum Gasteiger partial charge on any atom is 0.414 e. The fraction of sp³-hybridized carbons (Fsp3) is 0.375. The molecule has 2 aromatic heterocycles. The van der Waals surface area contributed by atoms with Crippen molar-refractivity contribution in [3.63, 3.8) is 0 Å². The zero-order chi connectivity index (χ0) is 25.1. The maximum absolute atomic E-state index is 15.0. The number of nitrogens with zero attached hydrogens (tertiary/aromatic N) is 4. The molecule has 4 rings (SSSR count). The summed E-state index contributed by atoms with van der Waals surface area (Å²) >= 11 is 0. The number of hydrogen-bond donors (Lipinski definition) is 1. The third-order valence-corrected chi connectivity index (χ3v) is 5.79. The Bertz CT molecular complexity index is 1220. The van der Waals surface area contributed by atoms with Crippen LogP contribution in [0.15, 0.2) is 40.9 Å². The lowest BCUT2D eigenvalue weighted by Gasteiger charge is -2.17. The van der Waals surface area contributed by atoms with Gasteiger partial charge in [-0.25, -0.2) is 9.18 Å². The highest BCUT2D eigenvalue weighted by atomic mass is 35.5. The van der Waals surface area contributed by atoms with Crippen LogP contribution in [0.4, 0.5) is 14.9 Å². The van der Waals surface area contributed by atoms with Gasteiger partial charge in [0, 0.05) is 24.2 Å². The zero-order valence-corrected chi connectivity index (χ0v) is 20.9. The molecule has 1 aliphatic rings. The third kappa shape index (κ3) is 5.80. The second-order valence-corrected chi connectivity index (χ2v) is 8.61. The molecule has 1 aliphatic heterocycles. The van der Waals surface area contributed by atoms with Crippen molar-refractivity contribution in [2.45, 2.75) is 26.9 Å². The number of pyridine rings is 1. The standard InChI is InChI=1S/C24H26FN5O5.ClH/c1-13(2)19(9-26)23(31)33-12-17-11-30(24(32)35-17)16-5-6-18(20(25)8-16)15-4-7-21(27-10-15)22-29-28-14(3)34-22;/h4-8,10,13,17,19H,9,11-12,26H2,1-3H3;1H/t17-,19+;/m1./s1. The van der Waals surface area contributed by atoms with Crippen molar-refractivity contribution >= 4 is 17.7 Å². The van der Waals surface area contributed by atoms with Gasteiger partial charge in [-0.15, -0.1) is 10.2 Å². The fourth-order valence-electron chi connectivity index (χ4n) is 3.81. The highest BCUT2D eigenvalue weighted by Gasteiger charge is 2.34. The normalized spacial score (nSPS) is 16.0. The molecule has 10 nitrogen and oxygen atoms in total. The second-order valence-electron chi connectivity index (χ2n) is 8.61. The Morgan fingerprint density at radius 1 is 1.28 bits per heavy atom. The van der Waals surface area contributed by atoms with Crippen molar-refractivity contribution in [3.8, 4) is 22.7 Å². The number of ether oxygens (including phenoxy) is 2. The number of halogens is 2. The predicted octanol–water partition coefficient (Wildman–Crippen LogP) is -0.367. The number of carbonyl (C=O) groups excluding carboxylic acids is 2. The molecule has 36 heavy (non-hydrogen) atoms. The van der Waals surface area contributed by atoms with Crippen molar-refractivity contribution in [2.75, 3.05) is 24.6 Å². The first-order valence-corrected chi connectivity index (χ1v) is 11.3. The summed E-state index contributed by atoms with van der Waals surface area (Å²) in [5.74, 6) is -0.407. The van der Waals surface area contributed by atoms with Gasteiger partial charge in [0.15, 0.2) is 6.10 Å². The number of rotatable bonds is 8. The van der Waals surface area contributed by atoms with Crippen molar-refractivity contribution in [1.82, 2.24) is 15.2 Å². The Hall–Kier alpha value is -3.57. The Labute approximate surface area is 213 Å². The van der Waals surface area contributed by atoms with E-state index in [0.29, 0.717) is 34.9 Å². The summed E-state index contributed by atoms with van der Waals surface area (Å²) < 4.78 is 31.0. The van der Waals surface area contributed by atoms with E-state index in [4.69, 9.17) is 13.9 Å². The smallest absolute Gasteiger partial charge is 0.414 e.